The van der Waals surface area contributed by atoms with Crippen LogP contribution in [0.3, 0.4) is 0 Å². The lowest BCUT2D eigenvalue weighted by Gasteiger charge is -2.09. The third-order valence-corrected chi connectivity index (χ3v) is 4.21. The zero-order valence-electron chi connectivity index (χ0n) is 11.5. The molecule has 0 saturated carbocycles. The van der Waals surface area contributed by atoms with Gasteiger partial charge in [-0.2, -0.15) is 0 Å². The van der Waals surface area contributed by atoms with Crippen molar-refractivity contribution in [3.8, 4) is 5.75 Å². The number of methoxy groups -OCH3 is 1. The molecule has 0 amide bonds. The van der Waals surface area contributed by atoms with Crippen LogP contribution in [0.2, 0.25) is 0 Å². The van der Waals surface area contributed by atoms with Crippen molar-refractivity contribution in [1.29, 1.82) is 0 Å². The van der Waals surface area contributed by atoms with Crippen molar-refractivity contribution in [2.24, 2.45) is 0 Å². The second kappa shape index (κ2) is 6.17. The highest BCUT2D eigenvalue weighted by atomic mass is 32.1. The van der Waals surface area contributed by atoms with Crippen LogP contribution in [0.1, 0.15) is 21.1 Å². The number of aliphatic hydroxyl groups is 1. The van der Waals surface area contributed by atoms with Gasteiger partial charge in [0.25, 0.3) is 0 Å². The summed E-state index contributed by atoms with van der Waals surface area (Å²) in [5.74, 6) is 0.837. The fourth-order valence-corrected chi connectivity index (χ4v) is 2.94. The molecular formula is C15H19NO2S. The quantitative estimate of drug-likeness (QED) is 0.913. The molecule has 1 heterocycles. The Bertz CT molecular complexity index is 514. The normalized spacial score (nSPS) is 12.4. The van der Waals surface area contributed by atoms with Gasteiger partial charge in [0.1, 0.15) is 5.75 Å². The van der Waals surface area contributed by atoms with E-state index in [4.69, 9.17) is 4.74 Å². The standard InChI is InChI=1S/C15H19NO2S/c1-10-11(2)19-15(16-10)9-13(17)8-12-4-6-14(18-3)7-5-12/h4-7,13,17H,8-9H2,1-3H3. The summed E-state index contributed by atoms with van der Waals surface area (Å²) in [6, 6.07) is 7.81. The molecule has 1 N–H and O–H groups in total. The molecule has 102 valence electrons. The number of hydrogen-bond donors (Lipinski definition) is 1. The predicted molar refractivity (Wildman–Crippen MR) is 78.0 cm³/mol. The van der Waals surface area contributed by atoms with E-state index in [0.29, 0.717) is 12.8 Å². The summed E-state index contributed by atoms with van der Waals surface area (Å²) in [7, 11) is 1.65. The maximum absolute atomic E-state index is 10.1. The number of hydrogen-bond acceptors (Lipinski definition) is 4. The van der Waals surface area contributed by atoms with E-state index in [-0.39, 0.29) is 0 Å². The maximum atomic E-state index is 10.1. The average Bonchev–Trinajstić information content (AvgIpc) is 2.69. The molecule has 1 aromatic heterocycles. The Morgan fingerprint density at radius 1 is 1.21 bits per heavy atom. The molecule has 0 aliphatic heterocycles. The van der Waals surface area contributed by atoms with Crippen LogP contribution in [0.15, 0.2) is 24.3 Å². The summed E-state index contributed by atoms with van der Waals surface area (Å²) in [6.07, 6.45) is 0.867. The van der Waals surface area contributed by atoms with Crippen molar-refractivity contribution in [2.45, 2.75) is 32.8 Å². The number of thiazole rings is 1. The summed E-state index contributed by atoms with van der Waals surface area (Å²) in [5.41, 5.74) is 2.18. The molecule has 0 saturated heterocycles. The van der Waals surface area contributed by atoms with Gasteiger partial charge in [-0.25, -0.2) is 4.98 Å². The molecular weight excluding hydrogens is 258 g/mol. The van der Waals surface area contributed by atoms with Gasteiger partial charge >= 0.3 is 0 Å². The average molecular weight is 277 g/mol. The number of aliphatic hydroxyl groups excluding tert-OH is 1. The molecule has 1 atom stereocenters. The van der Waals surface area contributed by atoms with Gasteiger partial charge in [0, 0.05) is 11.3 Å². The third-order valence-electron chi connectivity index (χ3n) is 3.11. The van der Waals surface area contributed by atoms with E-state index in [0.717, 1.165) is 22.0 Å². The molecule has 0 aliphatic rings. The first-order valence-corrected chi connectivity index (χ1v) is 7.14. The monoisotopic (exact) mass is 277 g/mol. The van der Waals surface area contributed by atoms with Crippen molar-refractivity contribution < 1.29 is 9.84 Å². The van der Waals surface area contributed by atoms with E-state index in [1.165, 1.54) is 4.88 Å². The van der Waals surface area contributed by atoms with Gasteiger partial charge in [0.05, 0.1) is 23.9 Å². The van der Waals surface area contributed by atoms with Gasteiger partial charge in [-0.1, -0.05) is 12.1 Å². The molecule has 4 heteroatoms. The van der Waals surface area contributed by atoms with Crippen LogP contribution >= 0.6 is 11.3 Å². The van der Waals surface area contributed by atoms with E-state index in [9.17, 15) is 5.11 Å². The lowest BCUT2D eigenvalue weighted by Crippen LogP contribution is -2.13. The molecule has 0 radical (unpaired) electrons. The first-order valence-electron chi connectivity index (χ1n) is 6.32. The Labute approximate surface area is 117 Å². The number of aryl methyl sites for hydroxylation is 2. The Morgan fingerprint density at radius 2 is 1.89 bits per heavy atom. The molecule has 1 aromatic carbocycles. The van der Waals surface area contributed by atoms with Crippen molar-refractivity contribution in [3.63, 3.8) is 0 Å². The van der Waals surface area contributed by atoms with E-state index < -0.39 is 6.10 Å². The second-order valence-electron chi connectivity index (χ2n) is 4.66. The molecule has 1 unspecified atom stereocenters. The van der Waals surface area contributed by atoms with Gasteiger partial charge < -0.3 is 9.84 Å². The van der Waals surface area contributed by atoms with Crippen molar-refractivity contribution in [2.75, 3.05) is 7.11 Å². The summed E-state index contributed by atoms with van der Waals surface area (Å²) in [5, 5.41) is 11.1. The molecule has 0 fully saturated rings. The van der Waals surface area contributed by atoms with Gasteiger partial charge in [-0.3, -0.25) is 0 Å². The summed E-state index contributed by atoms with van der Waals surface area (Å²) >= 11 is 1.67. The van der Waals surface area contributed by atoms with E-state index in [2.05, 4.69) is 11.9 Å². The zero-order valence-corrected chi connectivity index (χ0v) is 12.3. The Morgan fingerprint density at radius 3 is 2.42 bits per heavy atom. The molecule has 19 heavy (non-hydrogen) atoms. The minimum Gasteiger partial charge on any atom is -0.497 e. The van der Waals surface area contributed by atoms with Gasteiger partial charge in [-0.05, 0) is 38.0 Å². The fraction of sp³-hybridized carbons (Fsp3) is 0.400. The van der Waals surface area contributed by atoms with Crippen LogP contribution in [-0.4, -0.2) is 23.3 Å². The number of ether oxygens (including phenoxy) is 1. The van der Waals surface area contributed by atoms with E-state index in [1.54, 1.807) is 18.4 Å². The van der Waals surface area contributed by atoms with Gasteiger partial charge in [-0.15, -0.1) is 11.3 Å². The largest absolute Gasteiger partial charge is 0.497 e. The Kier molecular flexibility index (Phi) is 4.56. The van der Waals surface area contributed by atoms with E-state index in [1.807, 2.05) is 31.2 Å². The molecule has 0 bridgehead atoms. The third kappa shape index (κ3) is 3.78. The second-order valence-corrected chi connectivity index (χ2v) is 5.95. The predicted octanol–water partition coefficient (Wildman–Crippen LogP) is 2.91. The highest BCUT2D eigenvalue weighted by molar-refractivity contribution is 7.11. The van der Waals surface area contributed by atoms with Crippen LogP contribution in [0.4, 0.5) is 0 Å². The zero-order chi connectivity index (χ0) is 13.8. The molecule has 2 aromatic rings. The first-order chi connectivity index (χ1) is 9.08. The van der Waals surface area contributed by atoms with Crippen LogP contribution in [0.25, 0.3) is 0 Å². The number of benzene rings is 1. The maximum Gasteiger partial charge on any atom is 0.118 e. The van der Waals surface area contributed by atoms with Crippen molar-refractivity contribution in [3.05, 3.63) is 45.4 Å². The lowest BCUT2D eigenvalue weighted by atomic mass is 10.1. The highest BCUT2D eigenvalue weighted by Crippen LogP contribution is 2.19. The number of rotatable bonds is 5. The minimum atomic E-state index is -0.390. The van der Waals surface area contributed by atoms with E-state index >= 15 is 0 Å². The Hall–Kier alpha value is -1.39. The summed E-state index contributed by atoms with van der Waals surface area (Å²) < 4.78 is 5.11. The highest BCUT2D eigenvalue weighted by Gasteiger charge is 2.11. The SMILES string of the molecule is COc1ccc(CC(O)Cc2nc(C)c(C)s2)cc1. The van der Waals surface area contributed by atoms with Gasteiger partial charge in [0.15, 0.2) is 0 Å². The minimum absolute atomic E-state index is 0.390. The van der Waals surface area contributed by atoms with Crippen molar-refractivity contribution >= 4 is 11.3 Å². The number of aromatic nitrogens is 1. The topological polar surface area (TPSA) is 42.4 Å². The smallest absolute Gasteiger partial charge is 0.118 e. The van der Waals surface area contributed by atoms with Gasteiger partial charge in [0.2, 0.25) is 0 Å². The summed E-state index contributed by atoms with van der Waals surface area (Å²) in [4.78, 5) is 5.69. The summed E-state index contributed by atoms with van der Waals surface area (Å²) in [6.45, 7) is 4.07. The van der Waals surface area contributed by atoms with Crippen LogP contribution in [0, 0.1) is 13.8 Å². The fourth-order valence-electron chi connectivity index (χ4n) is 1.93. The van der Waals surface area contributed by atoms with Crippen molar-refractivity contribution in [1.82, 2.24) is 4.98 Å². The molecule has 2 rings (SSSR count). The van der Waals surface area contributed by atoms with Crippen LogP contribution in [-0.2, 0) is 12.8 Å². The molecule has 0 spiro atoms. The first kappa shape index (κ1) is 14.0. The number of nitrogens with zero attached hydrogens (tertiary/aromatic N) is 1. The van der Waals surface area contributed by atoms with Crippen LogP contribution in [0.5, 0.6) is 5.75 Å². The van der Waals surface area contributed by atoms with Crippen LogP contribution < -0.4 is 4.74 Å². The molecule has 3 nitrogen and oxygen atoms in total. The lowest BCUT2D eigenvalue weighted by molar-refractivity contribution is 0.175. The Balaban J connectivity index is 1.94. The molecule has 0 aliphatic carbocycles.